The fourth-order valence-electron chi connectivity index (χ4n) is 2.75. The van der Waals surface area contributed by atoms with Gasteiger partial charge in [0.1, 0.15) is 11.8 Å². The second kappa shape index (κ2) is 6.17. The molecule has 0 bridgehead atoms. The van der Waals surface area contributed by atoms with Crippen molar-refractivity contribution in [3.8, 4) is 0 Å². The summed E-state index contributed by atoms with van der Waals surface area (Å²) in [5.74, 6) is -1.42. The van der Waals surface area contributed by atoms with Crippen LogP contribution in [0, 0.1) is 5.92 Å². The molecule has 1 aromatic carbocycles. The van der Waals surface area contributed by atoms with E-state index in [0.29, 0.717) is 16.5 Å². The molecule has 0 fully saturated rings. The van der Waals surface area contributed by atoms with Gasteiger partial charge < -0.3 is 9.52 Å². The van der Waals surface area contributed by atoms with E-state index in [4.69, 9.17) is 16.0 Å². The third-order valence-electron chi connectivity index (χ3n) is 3.92. The van der Waals surface area contributed by atoms with Crippen molar-refractivity contribution in [1.29, 1.82) is 0 Å². The van der Waals surface area contributed by atoms with Gasteiger partial charge in [-0.1, -0.05) is 25.4 Å². The number of halogens is 1. The minimum Gasteiger partial charge on any atom is -0.503 e. The number of anilines is 1. The van der Waals surface area contributed by atoms with E-state index in [0.717, 1.165) is 0 Å². The molecule has 0 saturated carbocycles. The Morgan fingerprint density at radius 1 is 1.25 bits per heavy atom. The van der Waals surface area contributed by atoms with Gasteiger partial charge in [-0.3, -0.25) is 14.5 Å². The highest BCUT2D eigenvalue weighted by molar-refractivity contribution is 6.30. The third-order valence-corrected chi connectivity index (χ3v) is 4.17. The molecule has 1 aliphatic rings. The number of Topliss-reactive ketones (excluding diaryl/α,β-unsaturated/α-hetero) is 1. The minimum absolute atomic E-state index is 0.0555. The number of furan rings is 1. The lowest BCUT2D eigenvalue weighted by atomic mass is 9.94. The van der Waals surface area contributed by atoms with E-state index in [9.17, 15) is 14.7 Å². The first kappa shape index (κ1) is 16.3. The number of carbonyl (C=O) groups excluding carboxylic acids is 2. The zero-order chi connectivity index (χ0) is 17.4. The van der Waals surface area contributed by atoms with Crippen molar-refractivity contribution in [2.75, 3.05) is 4.90 Å². The first-order chi connectivity index (χ1) is 11.4. The van der Waals surface area contributed by atoms with Gasteiger partial charge in [-0.25, -0.2) is 0 Å². The van der Waals surface area contributed by atoms with E-state index < -0.39 is 17.7 Å². The number of aliphatic hydroxyl groups is 1. The predicted molar refractivity (Wildman–Crippen MR) is 89.9 cm³/mol. The molecule has 1 unspecified atom stereocenters. The molecule has 124 valence electrons. The molecule has 3 rings (SSSR count). The highest BCUT2D eigenvalue weighted by Gasteiger charge is 2.46. The zero-order valence-electron chi connectivity index (χ0n) is 13.2. The van der Waals surface area contributed by atoms with Gasteiger partial charge in [0, 0.05) is 16.6 Å². The SMILES string of the molecule is CC(C)C(=O)C1=C(O)C(=O)N(c2ccc(Cl)cc2)C1c1ccco1. The van der Waals surface area contributed by atoms with Crippen molar-refractivity contribution < 1.29 is 19.1 Å². The van der Waals surface area contributed by atoms with Crippen LogP contribution in [0.5, 0.6) is 0 Å². The topological polar surface area (TPSA) is 70.8 Å². The van der Waals surface area contributed by atoms with Gasteiger partial charge in [-0.2, -0.15) is 0 Å². The molecule has 6 heteroatoms. The van der Waals surface area contributed by atoms with Crippen LogP contribution in [0.15, 0.2) is 58.4 Å². The number of hydrogen-bond donors (Lipinski definition) is 1. The monoisotopic (exact) mass is 345 g/mol. The number of benzene rings is 1. The van der Waals surface area contributed by atoms with Gasteiger partial charge >= 0.3 is 0 Å². The molecule has 1 amide bonds. The number of aliphatic hydroxyl groups excluding tert-OH is 1. The molecule has 1 aliphatic heterocycles. The summed E-state index contributed by atoms with van der Waals surface area (Å²) in [6, 6.07) is 9.15. The molecule has 0 radical (unpaired) electrons. The van der Waals surface area contributed by atoms with Crippen LogP contribution in [0.25, 0.3) is 0 Å². The lowest BCUT2D eigenvalue weighted by Crippen LogP contribution is -2.31. The van der Waals surface area contributed by atoms with Crippen LogP contribution in [0.4, 0.5) is 5.69 Å². The van der Waals surface area contributed by atoms with Gasteiger partial charge in [0.2, 0.25) is 0 Å². The minimum atomic E-state index is -0.802. The van der Waals surface area contributed by atoms with Gasteiger partial charge in [0.25, 0.3) is 5.91 Å². The maximum Gasteiger partial charge on any atom is 0.294 e. The lowest BCUT2D eigenvalue weighted by molar-refractivity contribution is -0.119. The summed E-state index contributed by atoms with van der Waals surface area (Å²) in [5, 5.41) is 10.9. The Kier molecular flexibility index (Phi) is 4.20. The number of hydrogen-bond acceptors (Lipinski definition) is 4. The lowest BCUT2D eigenvalue weighted by Gasteiger charge is -2.25. The highest BCUT2D eigenvalue weighted by Crippen LogP contribution is 2.42. The third kappa shape index (κ3) is 2.61. The second-order valence-electron chi connectivity index (χ2n) is 5.85. The van der Waals surface area contributed by atoms with Gasteiger partial charge in [0.05, 0.1) is 11.8 Å². The molecule has 0 aliphatic carbocycles. The van der Waals surface area contributed by atoms with Crippen LogP contribution in [-0.2, 0) is 9.59 Å². The molecule has 1 atom stereocenters. The number of rotatable bonds is 4. The predicted octanol–water partition coefficient (Wildman–Crippen LogP) is 4.06. The Balaban J connectivity index is 2.15. The van der Waals surface area contributed by atoms with E-state index in [1.165, 1.54) is 11.2 Å². The molecule has 2 aromatic rings. The first-order valence-electron chi connectivity index (χ1n) is 7.51. The van der Waals surface area contributed by atoms with Crippen molar-refractivity contribution in [2.45, 2.75) is 19.9 Å². The summed E-state index contributed by atoms with van der Waals surface area (Å²) >= 11 is 5.90. The van der Waals surface area contributed by atoms with Gasteiger partial charge in [0.15, 0.2) is 11.5 Å². The smallest absolute Gasteiger partial charge is 0.294 e. The molecule has 1 aromatic heterocycles. The quantitative estimate of drug-likeness (QED) is 0.907. The van der Waals surface area contributed by atoms with Crippen molar-refractivity contribution in [2.24, 2.45) is 5.92 Å². The number of nitrogens with zero attached hydrogens (tertiary/aromatic N) is 1. The largest absolute Gasteiger partial charge is 0.503 e. The molecule has 0 saturated heterocycles. The Morgan fingerprint density at radius 3 is 2.46 bits per heavy atom. The summed E-state index contributed by atoms with van der Waals surface area (Å²) in [7, 11) is 0. The van der Waals surface area contributed by atoms with Crippen LogP contribution in [-0.4, -0.2) is 16.8 Å². The summed E-state index contributed by atoms with van der Waals surface area (Å²) in [6.45, 7) is 3.44. The maximum absolute atomic E-state index is 12.6. The van der Waals surface area contributed by atoms with E-state index in [1.54, 1.807) is 50.2 Å². The van der Waals surface area contributed by atoms with Crippen molar-refractivity contribution in [1.82, 2.24) is 0 Å². The van der Waals surface area contributed by atoms with E-state index in [2.05, 4.69) is 0 Å². The number of carbonyl (C=O) groups is 2. The molecule has 24 heavy (non-hydrogen) atoms. The van der Waals surface area contributed by atoms with Crippen LogP contribution >= 0.6 is 11.6 Å². The van der Waals surface area contributed by atoms with Crippen molar-refractivity contribution in [3.63, 3.8) is 0 Å². The Labute approximate surface area is 144 Å². The molecular formula is C18H16ClNO4. The van der Waals surface area contributed by atoms with Gasteiger partial charge in [-0.15, -0.1) is 0 Å². The average molecular weight is 346 g/mol. The Bertz CT molecular complexity index is 806. The van der Waals surface area contributed by atoms with Gasteiger partial charge in [-0.05, 0) is 36.4 Å². The van der Waals surface area contributed by atoms with E-state index in [1.807, 2.05) is 0 Å². The Hall–Kier alpha value is -2.53. The molecule has 5 nitrogen and oxygen atoms in total. The molecular weight excluding hydrogens is 330 g/mol. The molecule has 1 N–H and O–H groups in total. The van der Waals surface area contributed by atoms with E-state index in [-0.39, 0.29) is 17.3 Å². The van der Waals surface area contributed by atoms with Crippen LogP contribution < -0.4 is 4.90 Å². The molecule has 0 spiro atoms. The van der Waals surface area contributed by atoms with Crippen LogP contribution in [0.3, 0.4) is 0 Å². The standard InChI is InChI=1S/C18H16ClNO4/c1-10(2)16(21)14-15(13-4-3-9-24-13)20(18(23)17(14)22)12-7-5-11(19)6-8-12/h3-10,15,22H,1-2H3. The number of ketones is 1. The normalized spacial score (nSPS) is 17.9. The summed E-state index contributed by atoms with van der Waals surface area (Å²) in [4.78, 5) is 26.6. The fourth-order valence-corrected chi connectivity index (χ4v) is 2.88. The summed E-state index contributed by atoms with van der Waals surface area (Å²) < 4.78 is 5.43. The summed E-state index contributed by atoms with van der Waals surface area (Å²) in [6.07, 6.45) is 1.46. The zero-order valence-corrected chi connectivity index (χ0v) is 13.9. The average Bonchev–Trinajstić information content (AvgIpc) is 3.16. The Morgan fingerprint density at radius 2 is 1.92 bits per heavy atom. The first-order valence-corrected chi connectivity index (χ1v) is 7.89. The van der Waals surface area contributed by atoms with Crippen molar-refractivity contribution >= 4 is 29.0 Å². The molecule has 2 heterocycles. The second-order valence-corrected chi connectivity index (χ2v) is 6.29. The highest BCUT2D eigenvalue weighted by atomic mass is 35.5. The van der Waals surface area contributed by atoms with E-state index >= 15 is 0 Å². The summed E-state index contributed by atoms with van der Waals surface area (Å²) in [5.41, 5.74) is 0.573. The van der Waals surface area contributed by atoms with Crippen molar-refractivity contribution in [3.05, 3.63) is 64.8 Å². The maximum atomic E-state index is 12.6. The number of amides is 1. The fraction of sp³-hybridized carbons (Fsp3) is 0.222. The van der Waals surface area contributed by atoms with Crippen LogP contribution in [0.1, 0.15) is 25.6 Å². The van der Waals surface area contributed by atoms with Crippen LogP contribution in [0.2, 0.25) is 5.02 Å².